The fraction of sp³-hybridized carbons (Fsp3) is 1.00. The third-order valence-corrected chi connectivity index (χ3v) is 1.41. The molecule has 2 nitrogen and oxygen atoms in total. The molecule has 0 radical (unpaired) electrons. The van der Waals surface area contributed by atoms with Crippen LogP contribution in [0.1, 0.15) is 33.6 Å². The average molecular weight is 146 g/mol. The van der Waals surface area contributed by atoms with Crippen LogP contribution in [0.25, 0.3) is 0 Å². The van der Waals surface area contributed by atoms with Gasteiger partial charge in [0.2, 0.25) is 0 Å². The lowest BCUT2D eigenvalue weighted by Crippen LogP contribution is -3.11. The molecular formula is C8H20NO+. The van der Waals surface area contributed by atoms with E-state index in [9.17, 15) is 0 Å². The maximum absolute atomic E-state index is 5.44. The van der Waals surface area contributed by atoms with Gasteiger partial charge in [0.25, 0.3) is 0 Å². The standard InChI is InChI=1S/C8H19NO/c1-4-7-9(8-5-2)10-6-3/h4-8H2,1-3H3/p+1. The molecule has 0 aliphatic carbocycles. The van der Waals surface area contributed by atoms with E-state index in [0.717, 1.165) is 19.7 Å². The number of hydrogen-bond acceptors (Lipinski definition) is 1. The molecule has 0 heterocycles. The van der Waals surface area contributed by atoms with Gasteiger partial charge in [0.05, 0.1) is 0 Å². The second kappa shape index (κ2) is 7.03. The van der Waals surface area contributed by atoms with E-state index in [4.69, 9.17) is 4.84 Å². The second-order valence-electron chi connectivity index (χ2n) is 2.47. The van der Waals surface area contributed by atoms with Crippen LogP contribution in [0.3, 0.4) is 0 Å². The maximum Gasteiger partial charge on any atom is 0.107 e. The minimum atomic E-state index is 0.829. The van der Waals surface area contributed by atoms with Crippen LogP contribution in [0.4, 0.5) is 0 Å². The van der Waals surface area contributed by atoms with E-state index in [-0.39, 0.29) is 0 Å². The molecule has 0 unspecified atom stereocenters. The summed E-state index contributed by atoms with van der Waals surface area (Å²) in [6.07, 6.45) is 2.41. The van der Waals surface area contributed by atoms with Crippen molar-refractivity contribution in [1.29, 1.82) is 0 Å². The zero-order valence-electron chi connectivity index (χ0n) is 7.44. The Kier molecular flexibility index (Phi) is 6.98. The highest BCUT2D eigenvalue weighted by Crippen LogP contribution is 1.69. The molecule has 0 aliphatic rings. The summed E-state index contributed by atoms with van der Waals surface area (Å²) in [6, 6.07) is 0. The van der Waals surface area contributed by atoms with Crippen molar-refractivity contribution in [1.82, 2.24) is 0 Å². The highest BCUT2D eigenvalue weighted by Gasteiger charge is 2.03. The number of rotatable bonds is 6. The highest BCUT2D eigenvalue weighted by molar-refractivity contribution is 4.20. The number of hydroxylamine groups is 2. The first-order valence-corrected chi connectivity index (χ1v) is 4.32. The van der Waals surface area contributed by atoms with Crippen molar-refractivity contribution >= 4 is 0 Å². The Morgan fingerprint density at radius 1 is 1.00 bits per heavy atom. The van der Waals surface area contributed by atoms with Gasteiger partial charge < -0.3 is 0 Å². The van der Waals surface area contributed by atoms with Crippen LogP contribution < -0.4 is 5.06 Å². The molecule has 0 fully saturated rings. The lowest BCUT2D eigenvalue weighted by molar-refractivity contribution is -1.09. The third kappa shape index (κ3) is 4.77. The van der Waals surface area contributed by atoms with Gasteiger partial charge in [0.1, 0.15) is 19.7 Å². The van der Waals surface area contributed by atoms with Gasteiger partial charge in [-0.15, -0.1) is 0 Å². The number of quaternary nitrogens is 1. The zero-order valence-corrected chi connectivity index (χ0v) is 7.44. The molecule has 62 valence electrons. The summed E-state index contributed by atoms with van der Waals surface area (Å²) in [6.45, 7) is 9.54. The van der Waals surface area contributed by atoms with E-state index in [1.54, 1.807) is 0 Å². The highest BCUT2D eigenvalue weighted by atomic mass is 16.7. The molecule has 2 heteroatoms. The fourth-order valence-corrected chi connectivity index (χ4v) is 1.03. The van der Waals surface area contributed by atoms with Gasteiger partial charge in [-0.05, 0) is 19.8 Å². The third-order valence-electron chi connectivity index (χ3n) is 1.41. The predicted molar refractivity (Wildman–Crippen MR) is 42.9 cm³/mol. The Bertz CT molecular complexity index is 52.0. The van der Waals surface area contributed by atoms with Gasteiger partial charge in [-0.3, -0.25) is 0 Å². The molecule has 0 saturated carbocycles. The normalized spacial score (nSPS) is 10.8. The van der Waals surface area contributed by atoms with Gasteiger partial charge in [-0.2, -0.15) is 5.06 Å². The Morgan fingerprint density at radius 3 is 1.80 bits per heavy atom. The summed E-state index contributed by atoms with van der Waals surface area (Å²) < 4.78 is 0. The Labute approximate surface area is 64.1 Å². The number of nitrogens with one attached hydrogen (secondary N) is 1. The molecule has 1 N–H and O–H groups in total. The van der Waals surface area contributed by atoms with Gasteiger partial charge in [-0.25, -0.2) is 4.84 Å². The van der Waals surface area contributed by atoms with E-state index in [2.05, 4.69) is 13.8 Å². The van der Waals surface area contributed by atoms with Crippen LogP contribution in [0, 0.1) is 0 Å². The van der Waals surface area contributed by atoms with Crippen LogP contribution in [-0.4, -0.2) is 19.7 Å². The maximum atomic E-state index is 5.44. The fourth-order valence-electron chi connectivity index (χ4n) is 1.03. The van der Waals surface area contributed by atoms with Crippen molar-refractivity contribution in [2.45, 2.75) is 33.6 Å². The predicted octanol–water partition coefficient (Wildman–Crippen LogP) is 0.643. The molecule has 0 amide bonds. The smallest absolute Gasteiger partial charge is 0.107 e. The minimum absolute atomic E-state index is 0.829. The van der Waals surface area contributed by atoms with Crippen molar-refractivity contribution in [3.63, 3.8) is 0 Å². The van der Waals surface area contributed by atoms with Crippen LogP contribution in [0.2, 0.25) is 0 Å². The van der Waals surface area contributed by atoms with Crippen LogP contribution in [0.5, 0.6) is 0 Å². The average Bonchev–Trinajstić information content (AvgIpc) is 1.90. The molecule has 0 aromatic carbocycles. The topological polar surface area (TPSA) is 13.7 Å². The van der Waals surface area contributed by atoms with Crippen LogP contribution >= 0.6 is 0 Å². The van der Waals surface area contributed by atoms with Crippen molar-refractivity contribution in [3.8, 4) is 0 Å². The molecule has 0 atom stereocenters. The van der Waals surface area contributed by atoms with E-state index in [0.29, 0.717) is 0 Å². The van der Waals surface area contributed by atoms with Gasteiger partial charge in [-0.1, -0.05) is 13.8 Å². The van der Waals surface area contributed by atoms with Gasteiger partial charge in [0, 0.05) is 0 Å². The van der Waals surface area contributed by atoms with Crippen LogP contribution in [0.15, 0.2) is 0 Å². The molecule has 0 aliphatic heterocycles. The Balaban J connectivity index is 3.30. The monoisotopic (exact) mass is 146 g/mol. The molecular weight excluding hydrogens is 126 g/mol. The van der Waals surface area contributed by atoms with E-state index in [1.807, 2.05) is 6.92 Å². The summed E-state index contributed by atoms with van der Waals surface area (Å²) in [5.74, 6) is 0. The van der Waals surface area contributed by atoms with Crippen molar-refractivity contribution in [3.05, 3.63) is 0 Å². The summed E-state index contributed by atoms with van der Waals surface area (Å²) in [5.41, 5.74) is 0. The van der Waals surface area contributed by atoms with E-state index >= 15 is 0 Å². The first-order chi connectivity index (χ1) is 4.85. The summed E-state index contributed by atoms with van der Waals surface area (Å²) in [7, 11) is 0. The quantitative estimate of drug-likeness (QED) is 0.543. The molecule has 0 aromatic heterocycles. The Hall–Kier alpha value is -0.0800. The molecule has 0 spiro atoms. The van der Waals surface area contributed by atoms with Crippen molar-refractivity contribution in [2.24, 2.45) is 0 Å². The molecule has 10 heavy (non-hydrogen) atoms. The van der Waals surface area contributed by atoms with Crippen LogP contribution in [-0.2, 0) is 4.84 Å². The van der Waals surface area contributed by atoms with E-state index in [1.165, 1.54) is 17.9 Å². The van der Waals surface area contributed by atoms with Crippen molar-refractivity contribution < 1.29 is 9.90 Å². The van der Waals surface area contributed by atoms with Gasteiger partial charge in [0.15, 0.2) is 0 Å². The molecule has 0 bridgehead atoms. The summed E-state index contributed by atoms with van der Waals surface area (Å²) in [4.78, 5) is 5.44. The Morgan fingerprint density at radius 2 is 1.50 bits per heavy atom. The summed E-state index contributed by atoms with van der Waals surface area (Å²) >= 11 is 0. The molecule has 0 aromatic rings. The largest absolute Gasteiger partial charge is 0.205 e. The van der Waals surface area contributed by atoms with Gasteiger partial charge >= 0.3 is 0 Å². The zero-order chi connectivity index (χ0) is 7.82. The SMILES string of the molecule is CCC[NH+](CCC)OCC. The second-order valence-corrected chi connectivity index (χ2v) is 2.47. The first kappa shape index (κ1) is 9.92. The first-order valence-electron chi connectivity index (χ1n) is 4.32. The lowest BCUT2D eigenvalue weighted by Gasteiger charge is -2.14. The van der Waals surface area contributed by atoms with E-state index < -0.39 is 0 Å². The molecule has 0 saturated heterocycles. The van der Waals surface area contributed by atoms with Crippen molar-refractivity contribution in [2.75, 3.05) is 19.7 Å². The lowest BCUT2D eigenvalue weighted by atomic mass is 10.4. The summed E-state index contributed by atoms with van der Waals surface area (Å²) in [5, 5.41) is 1.28. The minimum Gasteiger partial charge on any atom is -0.205 e. The molecule has 0 rings (SSSR count). The number of hydrogen-bond donors (Lipinski definition) is 1.